The van der Waals surface area contributed by atoms with Gasteiger partial charge in [-0.25, -0.2) is 4.98 Å². The van der Waals surface area contributed by atoms with Gasteiger partial charge in [0, 0.05) is 25.4 Å². The van der Waals surface area contributed by atoms with Crippen molar-refractivity contribution in [1.29, 1.82) is 0 Å². The van der Waals surface area contributed by atoms with E-state index < -0.39 is 6.04 Å². The molecule has 0 saturated carbocycles. The van der Waals surface area contributed by atoms with Gasteiger partial charge in [0.1, 0.15) is 6.04 Å². The molecule has 2 aromatic carbocycles. The van der Waals surface area contributed by atoms with Gasteiger partial charge in [-0.15, -0.1) is 0 Å². The lowest BCUT2D eigenvalue weighted by molar-refractivity contribution is -0.130. The van der Waals surface area contributed by atoms with Crippen LogP contribution in [0.1, 0.15) is 17.3 Å². The summed E-state index contributed by atoms with van der Waals surface area (Å²) in [6, 6.07) is 25.2. The first-order valence-electron chi connectivity index (χ1n) is 9.88. The van der Waals surface area contributed by atoms with Gasteiger partial charge in [0.15, 0.2) is 0 Å². The molecule has 0 spiro atoms. The fourth-order valence-corrected chi connectivity index (χ4v) is 3.59. The monoisotopic (exact) mass is 396 g/mol. The third-order valence-electron chi connectivity index (χ3n) is 5.04. The van der Waals surface area contributed by atoms with Gasteiger partial charge in [-0.1, -0.05) is 66.7 Å². The Balaban J connectivity index is 1.99. The van der Waals surface area contributed by atoms with Crippen molar-refractivity contribution >= 4 is 5.91 Å². The minimum Gasteiger partial charge on any atom is -0.347 e. The van der Waals surface area contributed by atoms with E-state index in [9.17, 15) is 4.79 Å². The summed E-state index contributed by atoms with van der Waals surface area (Å²) in [4.78, 5) is 24.4. The molecule has 0 N–H and O–H groups in total. The molecule has 30 heavy (non-hydrogen) atoms. The third-order valence-corrected chi connectivity index (χ3v) is 5.04. The van der Waals surface area contributed by atoms with E-state index in [1.165, 1.54) is 0 Å². The summed E-state index contributed by atoms with van der Waals surface area (Å²) in [6.45, 7) is 1.96. The summed E-state index contributed by atoms with van der Waals surface area (Å²) >= 11 is 0. The van der Waals surface area contributed by atoms with Gasteiger partial charge in [0.25, 0.3) is 0 Å². The fourth-order valence-electron chi connectivity index (χ4n) is 3.59. The van der Waals surface area contributed by atoms with Crippen LogP contribution in [0.25, 0.3) is 22.6 Å². The van der Waals surface area contributed by atoms with Gasteiger partial charge in [-0.05, 0) is 24.6 Å². The number of carbonyl (C=O) groups is 1. The van der Waals surface area contributed by atoms with Crippen LogP contribution in [0.4, 0.5) is 0 Å². The van der Waals surface area contributed by atoms with Crippen molar-refractivity contribution in [1.82, 2.24) is 19.4 Å². The molecule has 0 radical (unpaired) electrons. The van der Waals surface area contributed by atoms with Crippen molar-refractivity contribution in [3.8, 4) is 22.6 Å². The van der Waals surface area contributed by atoms with Crippen LogP contribution in [0.2, 0.25) is 0 Å². The molecule has 2 aromatic heterocycles. The van der Waals surface area contributed by atoms with Gasteiger partial charge < -0.3 is 9.47 Å². The zero-order valence-electron chi connectivity index (χ0n) is 17.4. The fraction of sp³-hybridized carbons (Fsp3) is 0.160. The average Bonchev–Trinajstić information content (AvgIpc) is 3.20. The quantitative estimate of drug-likeness (QED) is 0.495. The standard InChI is InChI=1S/C25H24N4O/c1-18-11-10-16-21(27-18)24-22(19-12-6-4-7-13-19)26-17-29(24)23(25(30)28(2)3)20-14-8-5-9-15-20/h4-17,23H,1-3H3/t23-/m1/s1. The van der Waals surface area contributed by atoms with E-state index in [0.29, 0.717) is 0 Å². The molecule has 0 aliphatic heterocycles. The maximum absolute atomic E-state index is 13.3. The predicted molar refractivity (Wildman–Crippen MR) is 119 cm³/mol. The number of aromatic nitrogens is 3. The number of likely N-dealkylation sites (N-methyl/N-ethyl adjacent to an activating group) is 1. The number of nitrogens with zero attached hydrogens (tertiary/aromatic N) is 4. The largest absolute Gasteiger partial charge is 0.347 e. The number of hydrogen-bond acceptors (Lipinski definition) is 3. The molecule has 5 nitrogen and oxygen atoms in total. The number of amides is 1. The van der Waals surface area contributed by atoms with Crippen LogP contribution in [0.15, 0.2) is 85.2 Å². The van der Waals surface area contributed by atoms with Crippen LogP contribution in [-0.2, 0) is 4.79 Å². The number of benzene rings is 2. The molecule has 2 heterocycles. The van der Waals surface area contributed by atoms with E-state index in [1.807, 2.05) is 90.4 Å². The minimum atomic E-state index is -0.538. The Hall–Kier alpha value is -3.73. The zero-order valence-corrected chi connectivity index (χ0v) is 17.4. The number of aryl methyl sites for hydroxylation is 1. The van der Waals surface area contributed by atoms with E-state index in [2.05, 4.69) is 0 Å². The number of hydrogen-bond donors (Lipinski definition) is 0. The lowest BCUT2D eigenvalue weighted by Crippen LogP contribution is -2.32. The molecule has 150 valence electrons. The van der Waals surface area contributed by atoms with Crippen molar-refractivity contribution in [3.63, 3.8) is 0 Å². The van der Waals surface area contributed by atoms with E-state index in [-0.39, 0.29) is 5.91 Å². The van der Waals surface area contributed by atoms with Crippen LogP contribution >= 0.6 is 0 Å². The van der Waals surface area contributed by atoms with Gasteiger partial charge in [-0.2, -0.15) is 0 Å². The Morgan fingerprint density at radius 1 is 0.900 bits per heavy atom. The molecule has 0 fully saturated rings. The van der Waals surface area contributed by atoms with Crippen LogP contribution in [0.3, 0.4) is 0 Å². The summed E-state index contributed by atoms with van der Waals surface area (Å²) in [7, 11) is 3.55. The van der Waals surface area contributed by atoms with E-state index in [0.717, 1.165) is 33.9 Å². The number of pyridine rings is 1. The van der Waals surface area contributed by atoms with Crippen molar-refractivity contribution in [3.05, 3.63) is 96.4 Å². The minimum absolute atomic E-state index is 0.0212. The summed E-state index contributed by atoms with van der Waals surface area (Å²) in [5.74, 6) is -0.0212. The zero-order chi connectivity index (χ0) is 21.1. The second kappa shape index (κ2) is 8.33. The first kappa shape index (κ1) is 19.6. The SMILES string of the molecule is Cc1cccc(-c2c(-c3ccccc3)ncn2[C@@H](C(=O)N(C)C)c2ccccc2)n1. The summed E-state index contributed by atoms with van der Waals surface area (Å²) in [5.41, 5.74) is 5.23. The maximum Gasteiger partial charge on any atom is 0.249 e. The molecule has 1 atom stereocenters. The molecule has 0 saturated heterocycles. The molecule has 0 aliphatic carbocycles. The van der Waals surface area contributed by atoms with Crippen molar-refractivity contribution < 1.29 is 4.79 Å². The summed E-state index contributed by atoms with van der Waals surface area (Å²) < 4.78 is 1.95. The highest BCUT2D eigenvalue weighted by Crippen LogP contribution is 2.34. The molecular weight excluding hydrogens is 372 g/mol. The Labute approximate surface area is 176 Å². The molecule has 0 aliphatic rings. The van der Waals surface area contributed by atoms with Gasteiger partial charge in [0.2, 0.25) is 5.91 Å². The number of rotatable bonds is 5. The molecule has 5 heteroatoms. The topological polar surface area (TPSA) is 51.0 Å². The predicted octanol–water partition coefficient (Wildman–Crippen LogP) is 4.60. The lowest BCUT2D eigenvalue weighted by Gasteiger charge is -2.24. The summed E-state index contributed by atoms with van der Waals surface area (Å²) in [5, 5.41) is 0. The van der Waals surface area contributed by atoms with Crippen LogP contribution < -0.4 is 0 Å². The highest BCUT2D eigenvalue weighted by molar-refractivity contribution is 5.86. The molecule has 1 amide bonds. The molecule has 0 unspecified atom stereocenters. The molecule has 4 aromatic rings. The van der Waals surface area contributed by atoms with Gasteiger partial charge in [-0.3, -0.25) is 9.78 Å². The Kier molecular flexibility index (Phi) is 5.44. The Morgan fingerprint density at radius 3 is 2.20 bits per heavy atom. The second-order valence-electron chi connectivity index (χ2n) is 7.43. The highest BCUT2D eigenvalue weighted by Gasteiger charge is 2.29. The number of imidazole rings is 1. The smallest absolute Gasteiger partial charge is 0.249 e. The van der Waals surface area contributed by atoms with Gasteiger partial charge >= 0.3 is 0 Å². The second-order valence-corrected chi connectivity index (χ2v) is 7.43. The van der Waals surface area contributed by atoms with Crippen LogP contribution in [0.5, 0.6) is 0 Å². The maximum atomic E-state index is 13.3. The van der Waals surface area contributed by atoms with Gasteiger partial charge in [0.05, 0.1) is 23.4 Å². The Bertz CT molecular complexity index is 1150. The first-order valence-corrected chi connectivity index (χ1v) is 9.88. The normalized spacial score (nSPS) is 11.8. The first-order chi connectivity index (χ1) is 14.6. The Morgan fingerprint density at radius 2 is 1.57 bits per heavy atom. The van der Waals surface area contributed by atoms with Crippen LogP contribution in [0, 0.1) is 6.92 Å². The molecule has 4 rings (SSSR count). The summed E-state index contributed by atoms with van der Waals surface area (Å²) in [6.07, 6.45) is 1.75. The third kappa shape index (κ3) is 3.74. The van der Waals surface area contributed by atoms with Crippen molar-refractivity contribution in [2.75, 3.05) is 14.1 Å². The van der Waals surface area contributed by atoms with Crippen molar-refractivity contribution in [2.24, 2.45) is 0 Å². The van der Waals surface area contributed by atoms with Crippen molar-refractivity contribution in [2.45, 2.75) is 13.0 Å². The highest BCUT2D eigenvalue weighted by atomic mass is 16.2. The lowest BCUT2D eigenvalue weighted by atomic mass is 10.0. The molecular formula is C25H24N4O. The van der Waals surface area contributed by atoms with E-state index >= 15 is 0 Å². The van der Waals surface area contributed by atoms with E-state index in [1.54, 1.807) is 25.3 Å². The average molecular weight is 396 g/mol. The molecule has 0 bridgehead atoms. The van der Waals surface area contributed by atoms with Crippen LogP contribution in [-0.4, -0.2) is 39.4 Å². The van der Waals surface area contributed by atoms with E-state index in [4.69, 9.17) is 9.97 Å². The number of carbonyl (C=O) groups excluding carboxylic acids is 1.